The van der Waals surface area contributed by atoms with Crippen molar-refractivity contribution in [2.24, 2.45) is 0 Å². The van der Waals surface area contributed by atoms with E-state index in [-0.39, 0.29) is 12.1 Å². The molecule has 6 aromatic rings. The van der Waals surface area contributed by atoms with Gasteiger partial charge < -0.3 is 19.7 Å². The summed E-state index contributed by atoms with van der Waals surface area (Å²) in [6.07, 6.45) is 3.89. The van der Waals surface area contributed by atoms with Crippen LogP contribution in [0.1, 0.15) is 71.1 Å². The normalized spacial score (nSPS) is 12.0. The molecule has 1 atom stereocenters. The Bertz CT molecular complexity index is 2130. The fraction of sp³-hybridized carbons (Fsp3) is 0.333. The van der Waals surface area contributed by atoms with E-state index in [2.05, 4.69) is 45.6 Å². The standard InChI is InChI=1S/C18H21ClN4O3.C18H19ClN4O/c1-4-26-18-11(6-5-7-20-18)13-8-12(19)17-16(21-13)15(14(25)9-24)22-23(17)10(2)3;1-5-14-16-17(23(22-14)11(3)4)13(19)10-15(21-16)12-8-7-9-20-18(12)24-6-2/h5-8,10,14,24-25H,4,9H2,1-3H3;5,7-11H,1,6H2,2-4H3. The minimum Gasteiger partial charge on any atom is -0.477 e. The van der Waals surface area contributed by atoms with E-state index in [0.717, 1.165) is 16.6 Å². The molecule has 1 unspecified atom stereocenters. The van der Waals surface area contributed by atoms with E-state index in [1.165, 1.54) is 0 Å². The topological polar surface area (TPSA) is 146 Å². The molecule has 0 aromatic carbocycles. The van der Waals surface area contributed by atoms with Crippen LogP contribution in [0.2, 0.25) is 10.0 Å². The van der Waals surface area contributed by atoms with Crippen LogP contribution in [0.15, 0.2) is 55.4 Å². The molecular formula is C36H40Cl2N8O4. The highest BCUT2D eigenvalue weighted by atomic mass is 35.5. The fourth-order valence-corrected chi connectivity index (χ4v) is 5.94. The summed E-state index contributed by atoms with van der Waals surface area (Å²) in [5.41, 5.74) is 6.38. The van der Waals surface area contributed by atoms with E-state index in [1.54, 1.807) is 35.3 Å². The van der Waals surface area contributed by atoms with Crippen molar-refractivity contribution in [3.63, 3.8) is 0 Å². The number of pyridine rings is 4. The van der Waals surface area contributed by atoms with Crippen molar-refractivity contribution in [1.29, 1.82) is 0 Å². The van der Waals surface area contributed by atoms with Crippen molar-refractivity contribution in [1.82, 2.24) is 39.5 Å². The van der Waals surface area contributed by atoms with Gasteiger partial charge in [0.15, 0.2) is 0 Å². The van der Waals surface area contributed by atoms with Crippen molar-refractivity contribution in [3.05, 3.63) is 76.8 Å². The van der Waals surface area contributed by atoms with Gasteiger partial charge in [-0.2, -0.15) is 10.2 Å². The zero-order valence-corrected chi connectivity index (χ0v) is 30.3. The summed E-state index contributed by atoms with van der Waals surface area (Å²) in [5, 5.41) is 29.6. The average Bonchev–Trinajstić information content (AvgIpc) is 3.69. The van der Waals surface area contributed by atoms with Gasteiger partial charge in [0.05, 0.1) is 52.4 Å². The molecule has 0 aliphatic heterocycles. The molecule has 0 saturated carbocycles. The fourth-order valence-electron chi connectivity index (χ4n) is 5.38. The van der Waals surface area contributed by atoms with Crippen LogP contribution in [0.3, 0.4) is 0 Å². The van der Waals surface area contributed by atoms with Crippen LogP contribution in [0, 0.1) is 0 Å². The molecule has 0 fully saturated rings. The third kappa shape index (κ3) is 7.29. The molecule has 14 heteroatoms. The smallest absolute Gasteiger partial charge is 0.222 e. The first-order valence-electron chi connectivity index (χ1n) is 16.3. The van der Waals surface area contributed by atoms with Gasteiger partial charge in [0.25, 0.3) is 0 Å². The van der Waals surface area contributed by atoms with E-state index in [0.29, 0.717) is 74.4 Å². The molecule has 0 radical (unpaired) electrons. The number of rotatable bonds is 11. The molecule has 2 N–H and O–H groups in total. The highest BCUT2D eigenvalue weighted by molar-refractivity contribution is 6.35. The lowest BCUT2D eigenvalue weighted by atomic mass is 10.1. The lowest BCUT2D eigenvalue weighted by Crippen LogP contribution is -2.07. The van der Waals surface area contributed by atoms with Crippen LogP contribution in [0.4, 0.5) is 0 Å². The maximum atomic E-state index is 10.2. The van der Waals surface area contributed by atoms with Crippen molar-refractivity contribution < 1.29 is 19.7 Å². The Hall–Kier alpha value is -4.62. The largest absolute Gasteiger partial charge is 0.477 e. The average molecular weight is 720 g/mol. The second-order valence-corrected chi connectivity index (χ2v) is 12.5. The molecule has 262 valence electrons. The van der Waals surface area contributed by atoms with E-state index >= 15 is 0 Å². The summed E-state index contributed by atoms with van der Waals surface area (Å²) in [6, 6.07) is 11.2. The Morgan fingerprint density at radius 2 is 1.28 bits per heavy atom. The van der Waals surface area contributed by atoms with Gasteiger partial charge in [-0.15, -0.1) is 0 Å². The molecule has 0 amide bonds. The summed E-state index contributed by atoms with van der Waals surface area (Å²) in [6.45, 7) is 16.2. The van der Waals surface area contributed by atoms with Gasteiger partial charge in [0.2, 0.25) is 11.8 Å². The van der Waals surface area contributed by atoms with Gasteiger partial charge in [-0.3, -0.25) is 9.36 Å². The maximum absolute atomic E-state index is 10.2. The van der Waals surface area contributed by atoms with Gasteiger partial charge in [-0.1, -0.05) is 29.8 Å². The molecule has 12 nitrogen and oxygen atoms in total. The van der Waals surface area contributed by atoms with Crippen molar-refractivity contribution in [2.75, 3.05) is 19.8 Å². The number of ether oxygens (including phenoxy) is 2. The Labute approximate surface area is 300 Å². The monoisotopic (exact) mass is 718 g/mol. The molecule has 6 heterocycles. The van der Waals surface area contributed by atoms with E-state index in [1.807, 2.05) is 56.6 Å². The lowest BCUT2D eigenvalue weighted by Gasteiger charge is -2.11. The first-order valence-corrected chi connectivity index (χ1v) is 17.0. The molecular weight excluding hydrogens is 679 g/mol. The van der Waals surface area contributed by atoms with Crippen LogP contribution < -0.4 is 9.47 Å². The summed E-state index contributed by atoms with van der Waals surface area (Å²) in [7, 11) is 0. The number of aliphatic hydroxyl groups is 2. The third-order valence-electron chi connectivity index (χ3n) is 7.58. The number of hydrogen-bond donors (Lipinski definition) is 2. The van der Waals surface area contributed by atoms with Gasteiger partial charge in [-0.05, 0) is 84.0 Å². The van der Waals surface area contributed by atoms with E-state index in [9.17, 15) is 10.2 Å². The molecule has 50 heavy (non-hydrogen) atoms. The SMILES string of the molecule is C=Cc1nn(C(C)C)c2c(Cl)cc(-c3cccnc3OCC)nc12.CCOc1ncccc1-c1cc(Cl)c2c(n1)c(C(O)CO)nn2C(C)C. The number of hydrogen-bond acceptors (Lipinski definition) is 10. The van der Waals surface area contributed by atoms with Crippen LogP contribution in [0.5, 0.6) is 11.8 Å². The second kappa shape index (κ2) is 15.9. The van der Waals surface area contributed by atoms with Gasteiger partial charge in [0.1, 0.15) is 39.6 Å². The molecule has 0 bridgehead atoms. The van der Waals surface area contributed by atoms with Gasteiger partial charge >= 0.3 is 0 Å². The summed E-state index contributed by atoms with van der Waals surface area (Å²) in [5.74, 6) is 0.998. The quantitative estimate of drug-likeness (QED) is 0.135. The van der Waals surface area contributed by atoms with E-state index in [4.69, 9.17) is 37.7 Å². The van der Waals surface area contributed by atoms with Gasteiger partial charge in [0, 0.05) is 24.5 Å². The van der Waals surface area contributed by atoms with Crippen LogP contribution in [-0.4, -0.2) is 69.5 Å². The molecule has 0 saturated heterocycles. The molecule has 0 aliphatic rings. The lowest BCUT2D eigenvalue weighted by molar-refractivity contribution is 0.0924. The highest BCUT2D eigenvalue weighted by Gasteiger charge is 2.24. The minimum absolute atomic E-state index is 0.0136. The summed E-state index contributed by atoms with van der Waals surface area (Å²) >= 11 is 13.1. The Morgan fingerprint density at radius 1 is 0.800 bits per heavy atom. The molecule has 0 aliphatic carbocycles. The maximum Gasteiger partial charge on any atom is 0.222 e. The van der Waals surface area contributed by atoms with Crippen molar-refractivity contribution >= 4 is 51.3 Å². The second-order valence-electron chi connectivity index (χ2n) is 11.7. The zero-order chi connectivity index (χ0) is 36.1. The van der Waals surface area contributed by atoms with E-state index < -0.39 is 12.7 Å². The first-order chi connectivity index (χ1) is 24.0. The molecule has 0 spiro atoms. The molecule has 6 aromatic heterocycles. The Morgan fingerprint density at radius 3 is 1.74 bits per heavy atom. The third-order valence-corrected chi connectivity index (χ3v) is 8.16. The van der Waals surface area contributed by atoms with Crippen molar-refractivity contribution in [3.8, 4) is 34.3 Å². The summed E-state index contributed by atoms with van der Waals surface area (Å²) in [4.78, 5) is 18.0. The van der Waals surface area contributed by atoms with Gasteiger partial charge in [-0.25, -0.2) is 19.9 Å². The Balaban J connectivity index is 0.000000195. The highest BCUT2D eigenvalue weighted by Crippen LogP contribution is 2.36. The zero-order valence-electron chi connectivity index (χ0n) is 28.8. The first kappa shape index (κ1) is 36.7. The molecule has 6 rings (SSSR count). The predicted molar refractivity (Wildman–Crippen MR) is 197 cm³/mol. The summed E-state index contributed by atoms with van der Waals surface area (Å²) < 4.78 is 14.8. The number of nitrogens with zero attached hydrogens (tertiary/aromatic N) is 8. The number of fused-ring (bicyclic) bond motifs is 2. The van der Waals surface area contributed by atoms with Crippen LogP contribution in [0.25, 0.3) is 50.7 Å². The number of aromatic nitrogens is 8. The van der Waals surface area contributed by atoms with Crippen LogP contribution in [-0.2, 0) is 0 Å². The van der Waals surface area contributed by atoms with Crippen LogP contribution >= 0.6 is 23.2 Å². The predicted octanol–water partition coefficient (Wildman–Crippen LogP) is 7.92. The Kier molecular flexibility index (Phi) is 11.7. The van der Waals surface area contributed by atoms with Crippen molar-refractivity contribution in [2.45, 2.75) is 59.7 Å². The minimum atomic E-state index is -1.14. The number of halogens is 2. The number of aliphatic hydroxyl groups excluding tert-OH is 2.